The van der Waals surface area contributed by atoms with Crippen molar-refractivity contribution in [1.29, 1.82) is 0 Å². The Labute approximate surface area is 116 Å². The van der Waals surface area contributed by atoms with Gasteiger partial charge in [-0.25, -0.2) is 13.1 Å². The van der Waals surface area contributed by atoms with Crippen LogP contribution in [0.1, 0.15) is 11.3 Å². The molecular formula is C12H12N4O3S. The lowest BCUT2D eigenvalue weighted by molar-refractivity contribution is 0.569. The molecule has 0 bridgehead atoms. The van der Waals surface area contributed by atoms with Crippen LogP contribution >= 0.6 is 0 Å². The smallest absolute Gasteiger partial charge is 0.309 e. The Hall–Kier alpha value is -2.37. The molecule has 0 amide bonds. The molecule has 20 heavy (non-hydrogen) atoms. The highest BCUT2D eigenvalue weighted by Gasteiger charge is 2.17. The Kier molecular flexibility index (Phi) is 4.02. The quantitative estimate of drug-likeness (QED) is 0.796. The Bertz CT molecular complexity index is 771. The fraction of sp³-hybridized carbons (Fsp3) is 0.167. The van der Waals surface area contributed by atoms with Crippen LogP contribution in [-0.4, -0.2) is 24.9 Å². The largest absolute Gasteiger partial charge is 0.431 e. The maximum atomic E-state index is 12.1. The van der Waals surface area contributed by atoms with Crippen LogP contribution < -0.4 is 10.5 Å². The molecule has 7 nitrogen and oxygen atoms in total. The maximum Gasteiger partial charge on any atom is 0.309 e. The van der Waals surface area contributed by atoms with Gasteiger partial charge in [-0.1, -0.05) is 11.8 Å². The maximum absolute atomic E-state index is 12.1. The lowest BCUT2D eigenvalue weighted by Gasteiger charge is -2.04. The van der Waals surface area contributed by atoms with Gasteiger partial charge < -0.3 is 10.2 Å². The van der Waals surface area contributed by atoms with Crippen LogP contribution in [0.25, 0.3) is 0 Å². The summed E-state index contributed by atoms with van der Waals surface area (Å²) in [5, 5.41) is 0. The summed E-state index contributed by atoms with van der Waals surface area (Å²) >= 11 is 0. The molecule has 0 saturated carbocycles. The second kappa shape index (κ2) is 5.73. The Morgan fingerprint density at radius 2 is 2.25 bits per heavy atom. The van der Waals surface area contributed by atoms with E-state index in [4.69, 9.17) is 10.2 Å². The monoisotopic (exact) mass is 292 g/mol. The topological polar surface area (TPSA) is 111 Å². The molecule has 0 aromatic carbocycles. The van der Waals surface area contributed by atoms with Crippen LogP contribution in [0.2, 0.25) is 0 Å². The second-order valence-corrected chi connectivity index (χ2v) is 5.50. The third-order valence-corrected chi connectivity index (χ3v) is 3.49. The number of hydrogen-bond acceptors (Lipinski definition) is 6. The molecular weight excluding hydrogens is 280 g/mol. The minimum absolute atomic E-state index is 0.0304. The number of pyridine rings is 1. The van der Waals surface area contributed by atoms with Gasteiger partial charge in [-0.05, 0) is 13.0 Å². The van der Waals surface area contributed by atoms with Crippen LogP contribution in [-0.2, 0) is 10.0 Å². The van der Waals surface area contributed by atoms with Crippen molar-refractivity contribution in [1.82, 2.24) is 9.97 Å². The molecule has 2 aromatic rings. The van der Waals surface area contributed by atoms with Crippen LogP contribution in [0, 0.1) is 18.8 Å². The summed E-state index contributed by atoms with van der Waals surface area (Å²) < 4.78 is 31.4. The van der Waals surface area contributed by atoms with Gasteiger partial charge in [0, 0.05) is 18.0 Å². The Balaban J connectivity index is 2.29. The number of nitrogens with zero attached hydrogens (tertiary/aromatic N) is 2. The predicted molar refractivity (Wildman–Crippen MR) is 72.2 cm³/mol. The van der Waals surface area contributed by atoms with E-state index in [1.54, 1.807) is 6.92 Å². The van der Waals surface area contributed by atoms with Crippen molar-refractivity contribution in [3.8, 4) is 11.8 Å². The van der Waals surface area contributed by atoms with E-state index in [9.17, 15) is 8.42 Å². The first-order valence-electron chi connectivity index (χ1n) is 5.60. The Morgan fingerprint density at radius 3 is 2.90 bits per heavy atom. The van der Waals surface area contributed by atoms with Crippen LogP contribution in [0.5, 0.6) is 0 Å². The fourth-order valence-electron chi connectivity index (χ4n) is 1.36. The molecule has 104 valence electrons. The summed E-state index contributed by atoms with van der Waals surface area (Å²) in [6.07, 6.45) is 4.02. The number of oxazole rings is 1. The van der Waals surface area contributed by atoms with E-state index in [-0.39, 0.29) is 17.5 Å². The number of nitrogens with two attached hydrogens (primary N) is 1. The molecule has 2 heterocycles. The highest BCUT2D eigenvalue weighted by atomic mass is 32.2. The first-order chi connectivity index (χ1) is 9.51. The number of aryl methyl sites for hydroxylation is 1. The minimum atomic E-state index is -3.82. The molecule has 0 atom stereocenters. The first kappa shape index (κ1) is 14.0. The lowest BCUT2D eigenvalue weighted by atomic mass is 10.3. The molecule has 0 aliphatic heterocycles. The van der Waals surface area contributed by atoms with Gasteiger partial charge in [0.15, 0.2) is 0 Å². The average Bonchev–Trinajstić information content (AvgIpc) is 2.81. The van der Waals surface area contributed by atoms with Gasteiger partial charge in [-0.2, -0.15) is 4.98 Å². The van der Waals surface area contributed by atoms with Crippen molar-refractivity contribution in [3.63, 3.8) is 0 Å². The molecule has 3 N–H and O–H groups in total. The van der Waals surface area contributed by atoms with E-state index in [0.717, 1.165) is 0 Å². The average molecular weight is 292 g/mol. The zero-order chi connectivity index (χ0) is 14.6. The summed E-state index contributed by atoms with van der Waals surface area (Å²) in [6, 6.07) is 1.30. The summed E-state index contributed by atoms with van der Waals surface area (Å²) in [5.41, 5.74) is 6.29. The van der Waals surface area contributed by atoms with Gasteiger partial charge in [-0.3, -0.25) is 4.98 Å². The summed E-state index contributed by atoms with van der Waals surface area (Å²) in [5.74, 6) is 5.34. The van der Waals surface area contributed by atoms with Gasteiger partial charge in [0.1, 0.15) is 11.2 Å². The molecule has 2 rings (SSSR count). The van der Waals surface area contributed by atoms with Crippen LogP contribution in [0.3, 0.4) is 0 Å². The minimum Gasteiger partial charge on any atom is -0.431 e. The van der Waals surface area contributed by atoms with Gasteiger partial charge >= 0.3 is 6.01 Å². The molecule has 0 saturated heterocycles. The lowest BCUT2D eigenvalue weighted by Crippen LogP contribution is -2.13. The van der Waals surface area contributed by atoms with E-state index in [0.29, 0.717) is 11.3 Å². The summed E-state index contributed by atoms with van der Waals surface area (Å²) in [4.78, 5) is 7.68. The molecule has 0 aliphatic rings. The molecule has 0 spiro atoms. The third kappa shape index (κ3) is 3.34. The molecule has 8 heteroatoms. The van der Waals surface area contributed by atoms with E-state index in [1.165, 1.54) is 24.7 Å². The van der Waals surface area contributed by atoms with Crippen LogP contribution in [0.4, 0.5) is 6.01 Å². The number of sulfonamides is 1. The van der Waals surface area contributed by atoms with Gasteiger partial charge in [0.2, 0.25) is 0 Å². The summed E-state index contributed by atoms with van der Waals surface area (Å²) in [6.45, 7) is 1.87. The normalized spacial score (nSPS) is 10.7. The number of hydrogen-bond donors (Lipinski definition) is 2. The van der Waals surface area contributed by atoms with E-state index in [2.05, 4.69) is 26.5 Å². The first-order valence-corrected chi connectivity index (χ1v) is 7.08. The van der Waals surface area contributed by atoms with E-state index < -0.39 is 10.0 Å². The van der Waals surface area contributed by atoms with Crippen molar-refractivity contribution in [3.05, 3.63) is 36.0 Å². The molecule has 0 unspecified atom stereocenters. The van der Waals surface area contributed by atoms with Crippen molar-refractivity contribution in [2.24, 2.45) is 5.73 Å². The zero-order valence-electron chi connectivity index (χ0n) is 10.6. The molecule has 0 radical (unpaired) electrons. The van der Waals surface area contributed by atoms with Gasteiger partial charge in [-0.15, -0.1) is 0 Å². The highest BCUT2D eigenvalue weighted by Crippen LogP contribution is 2.15. The van der Waals surface area contributed by atoms with Crippen molar-refractivity contribution < 1.29 is 12.8 Å². The summed E-state index contributed by atoms with van der Waals surface area (Å²) in [7, 11) is -3.82. The van der Waals surface area contributed by atoms with E-state index in [1.807, 2.05) is 0 Å². The van der Waals surface area contributed by atoms with Crippen molar-refractivity contribution in [2.75, 3.05) is 11.3 Å². The zero-order valence-corrected chi connectivity index (χ0v) is 11.4. The number of anilines is 1. The molecule has 0 aliphatic carbocycles. The third-order valence-electron chi connectivity index (χ3n) is 2.20. The van der Waals surface area contributed by atoms with Gasteiger partial charge in [0.05, 0.1) is 12.2 Å². The number of nitrogens with one attached hydrogen (secondary N) is 1. The fourth-order valence-corrected chi connectivity index (χ4v) is 2.29. The molecule has 2 aromatic heterocycles. The SMILES string of the molecule is Cc1coc(NS(=O)(=O)c2cncc(C#CCN)c2)n1. The highest BCUT2D eigenvalue weighted by molar-refractivity contribution is 7.92. The number of rotatable bonds is 3. The number of aromatic nitrogens is 2. The van der Waals surface area contributed by atoms with E-state index >= 15 is 0 Å². The second-order valence-electron chi connectivity index (χ2n) is 3.81. The van der Waals surface area contributed by atoms with Crippen molar-refractivity contribution in [2.45, 2.75) is 11.8 Å². The Morgan fingerprint density at radius 1 is 1.45 bits per heavy atom. The van der Waals surface area contributed by atoms with Gasteiger partial charge in [0.25, 0.3) is 10.0 Å². The molecule has 0 fully saturated rings. The standard InChI is InChI=1S/C12H12N4O3S/c1-9-8-19-12(15-9)16-20(17,18)11-5-10(3-2-4-13)6-14-7-11/h5-8H,4,13H2,1H3,(H,15,16). The predicted octanol–water partition coefficient (Wildman–Crippen LogP) is 0.489. The van der Waals surface area contributed by atoms with Crippen LogP contribution in [0.15, 0.2) is 34.0 Å². The van der Waals surface area contributed by atoms with Crippen molar-refractivity contribution >= 4 is 16.0 Å².